The van der Waals surface area contributed by atoms with E-state index in [9.17, 15) is 14.4 Å². The number of fused-ring (bicyclic) bond motifs is 2. The fourth-order valence-electron chi connectivity index (χ4n) is 7.35. The van der Waals surface area contributed by atoms with Gasteiger partial charge in [-0.1, -0.05) is 128 Å². The molecule has 2 unspecified atom stereocenters. The van der Waals surface area contributed by atoms with E-state index in [0.717, 1.165) is 59.2 Å². The summed E-state index contributed by atoms with van der Waals surface area (Å²) in [6.45, 7) is 5.44. The van der Waals surface area contributed by atoms with Gasteiger partial charge in [-0.3, -0.25) is 24.9 Å². The van der Waals surface area contributed by atoms with Gasteiger partial charge < -0.3 is 10.5 Å². The van der Waals surface area contributed by atoms with E-state index in [4.69, 9.17) is 66.9 Å². The standard InChI is InChI=1S/C28H26BrClN2O3.C23H18BrClN2O.CH2Cl2/c1-28(2,3)35-27(34)31-21-12-9-17(10-13-21)26-22-16-20(30)11-8-18(22)15-25(33)24(32-26)14-19-6-4-5-7-23(19)29;24-20-4-2-1-3-16(20)11-21-22(28)12-15-5-8-17(25)13-19(15)23(27-21)14-6-9-18(26)10-7-14;2-1-3/h4-13,16,24H,14-15H2,1-3H3,(H,31,34);1-10,13,21H,11-12,26H2;1H2. The zero-order valence-electron chi connectivity index (χ0n) is 36.3. The Hall–Kier alpha value is -4.81. The summed E-state index contributed by atoms with van der Waals surface area (Å²) in [6.07, 6.45) is 1.13. The van der Waals surface area contributed by atoms with Crippen LogP contribution in [0, 0.1) is 0 Å². The first-order valence-corrected chi connectivity index (χ1v) is 24.3. The summed E-state index contributed by atoms with van der Waals surface area (Å²) in [5.74, 6) is 0.160. The number of amides is 1. The number of carbonyl (C=O) groups is 3. The van der Waals surface area contributed by atoms with E-state index in [1.54, 1.807) is 18.2 Å². The second-order valence-electron chi connectivity index (χ2n) is 16.4. The number of nitrogen functional groups attached to an aromatic ring is 1. The van der Waals surface area contributed by atoms with E-state index in [2.05, 4.69) is 37.2 Å². The number of benzene rings is 6. The quantitative estimate of drug-likeness (QED) is 0.122. The van der Waals surface area contributed by atoms with Gasteiger partial charge in [-0.2, -0.15) is 0 Å². The molecule has 0 aliphatic carbocycles. The SMILES string of the molecule is CC(C)(C)OC(=O)Nc1ccc(C2=NC(Cc3ccccc3Br)C(=O)Cc3ccc(Cl)cc32)cc1.ClCCl.Nc1ccc(C2=NC(Cc3ccccc3Br)C(=O)Cc3ccc(Cl)cc32)cc1. The molecule has 6 aromatic carbocycles. The highest BCUT2D eigenvalue weighted by Gasteiger charge is 2.29. The highest BCUT2D eigenvalue weighted by atomic mass is 79.9. The monoisotopic (exact) mass is 1090 g/mol. The van der Waals surface area contributed by atoms with Crippen molar-refractivity contribution < 1.29 is 19.1 Å². The van der Waals surface area contributed by atoms with Gasteiger partial charge in [-0.25, -0.2) is 4.79 Å². The van der Waals surface area contributed by atoms with Crippen LogP contribution in [0.1, 0.15) is 65.3 Å². The van der Waals surface area contributed by atoms with Crippen LogP contribution < -0.4 is 11.1 Å². The number of nitrogens with one attached hydrogen (secondary N) is 1. The number of anilines is 2. The number of ether oxygens (including phenoxy) is 1. The van der Waals surface area contributed by atoms with Crippen LogP contribution >= 0.6 is 78.3 Å². The second kappa shape index (κ2) is 23.3. The first kappa shape index (κ1) is 50.6. The lowest BCUT2D eigenvalue weighted by Gasteiger charge is -2.19. The number of hydrogen-bond acceptors (Lipinski definition) is 7. The number of Topliss-reactive ketones (excluding diaryl/α,β-unsaturated/α-hetero) is 2. The highest BCUT2D eigenvalue weighted by molar-refractivity contribution is 9.10. The van der Waals surface area contributed by atoms with E-state index in [-0.39, 0.29) is 23.3 Å². The number of ketones is 2. The van der Waals surface area contributed by atoms with Crippen LogP contribution in [0.2, 0.25) is 10.0 Å². The van der Waals surface area contributed by atoms with E-state index < -0.39 is 23.8 Å². The minimum Gasteiger partial charge on any atom is -0.444 e. The van der Waals surface area contributed by atoms with Crippen molar-refractivity contribution in [3.8, 4) is 0 Å². The Morgan fingerprint density at radius 3 is 1.48 bits per heavy atom. The molecule has 340 valence electrons. The minimum atomic E-state index is -0.586. The Morgan fingerprint density at radius 1 is 0.667 bits per heavy atom. The highest BCUT2D eigenvalue weighted by Crippen LogP contribution is 2.30. The van der Waals surface area contributed by atoms with Gasteiger partial charge in [0.2, 0.25) is 0 Å². The molecule has 66 heavy (non-hydrogen) atoms. The molecular weight excluding hydrogens is 1050 g/mol. The summed E-state index contributed by atoms with van der Waals surface area (Å²) in [5, 5.41) is 4.14. The Balaban J connectivity index is 0.000000210. The Kier molecular flexibility index (Phi) is 17.8. The molecule has 2 aliphatic rings. The van der Waals surface area contributed by atoms with Crippen molar-refractivity contribution in [1.82, 2.24) is 0 Å². The number of halogens is 6. The maximum atomic E-state index is 13.2. The molecule has 3 N–H and O–H groups in total. The molecule has 0 aromatic heterocycles. The molecule has 14 heteroatoms. The van der Waals surface area contributed by atoms with E-state index in [1.165, 1.54) is 0 Å². The van der Waals surface area contributed by atoms with Gasteiger partial charge >= 0.3 is 6.09 Å². The average Bonchev–Trinajstić information content (AvgIpc) is 3.49. The molecule has 0 saturated heterocycles. The van der Waals surface area contributed by atoms with Gasteiger partial charge in [0.25, 0.3) is 0 Å². The van der Waals surface area contributed by atoms with Gasteiger partial charge in [0.15, 0.2) is 11.6 Å². The third kappa shape index (κ3) is 13.9. The van der Waals surface area contributed by atoms with Crippen molar-refractivity contribution in [1.29, 1.82) is 0 Å². The topological polar surface area (TPSA) is 123 Å². The van der Waals surface area contributed by atoms with Crippen LogP contribution in [0.4, 0.5) is 16.2 Å². The molecule has 1 amide bonds. The number of aliphatic imine (C=N–C) groups is 2. The maximum absolute atomic E-state index is 13.2. The summed E-state index contributed by atoms with van der Waals surface area (Å²) in [7, 11) is 0. The van der Waals surface area contributed by atoms with Gasteiger partial charge in [0, 0.05) is 78.3 Å². The predicted molar refractivity (Wildman–Crippen MR) is 279 cm³/mol. The molecule has 2 atom stereocenters. The summed E-state index contributed by atoms with van der Waals surface area (Å²) in [5.41, 5.74) is 15.4. The Bertz CT molecular complexity index is 2780. The van der Waals surface area contributed by atoms with E-state index in [1.807, 2.05) is 136 Å². The summed E-state index contributed by atoms with van der Waals surface area (Å²) in [4.78, 5) is 48.3. The average molecular weight is 1090 g/mol. The number of carbonyl (C=O) groups excluding carboxylic acids is 3. The Morgan fingerprint density at radius 2 is 1.08 bits per heavy atom. The first-order chi connectivity index (χ1) is 31.5. The minimum absolute atomic E-state index is 0.0579. The van der Waals surface area contributed by atoms with Gasteiger partial charge in [0.05, 0.1) is 16.8 Å². The summed E-state index contributed by atoms with van der Waals surface area (Å²) < 4.78 is 7.26. The molecular formula is C52H46Br2Cl4N4O4. The third-order valence-corrected chi connectivity index (χ3v) is 12.4. The molecule has 6 aromatic rings. The van der Waals surface area contributed by atoms with Crippen LogP contribution in [0.3, 0.4) is 0 Å². The van der Waals surface area contributed by atoms with Gasteiger partial charge in [-0.15, -0.1) is 23.2 Å². The van der Waals surface area contributed by atoms with Crippen LogP contribution in [-0.4, -0.2) is 52.1 Å². The van der Waals surface area contributed by atoms with Crippen LogP contribution in [0.5, 0.6) is 0 Å². The molecule has 0 spiro atoms. The molecule has 8 rings (SSSR count). The van der Waals surface area contributed by atoms with Crippen LogP contribution in [0.25, 0.3) is 0 Å². The van der Waals surface area contributed by atoms with Gasteiger partial charge in [0.1, 0.15) is 17.7 Å². The lowest BCUT2D eigenvalue weighted by molar-refractivity contribution is -0.120. The molecule has 0 fully saturated rings. The predicted octanol–water partition coefficient (Wildman–Crippen LogP) is 13.7. The molecule has 8 nitrogen and oxygen atoms in total. The third-order valence-electron chi connectivity index (χ3n) is 10.4. The fourth-order valence-corrected chi connectivity index (χ4v) is 8.59. The largest absolute Gasteiger partial charge is 0.444 e. The van der Waals surface area contributed by atoms with Crippen molar-refractivity contribution in [2.45, 2.75) is 64.1 Å². The normalized spacial score (nSPS) is 15.5. The van der Waals surface area contributed by atoms with Crippen molar-refractivity contribution in [3.05, 3.63) is 197 Å². The number of nitrogens with zero attached hydrogens (tertiary/aromatic N) is 2. The van der Waals surface area contributed by atoms with Crippen LogP contribution in [0.15, 0.2) is 152 Å². The summed E-state index contributed by atoms with van der Waals surface area (Å²) in [6, 6.07) is 40.9. The second-order valence-corrected chi connectivity index (χ2v) is 19.8. The lowest BCUT2D eigenvalue weighted by atomic mass is 9.95. The maximum Gasteiger partial charge on any atom is 0.412 e. The van der Waals surface area contributed by atoms with E-state index >= 15 is 0 Å². The van der Waals surface area contributed by atoms with Crippen molar-refractivity contribution in [2.75, 3.05) is 16.4 Å². The molecule has 0 bridgehead atoms. The number of hydrogen-bond donors (Lipinski definition) is 2. The summed E-state index contributed by atoms with van der Waals surface area (Å²) >= 11 is 29.3. The molecule has 0 saturated carbocycles. The smallest absolute Gasteiger partial charge is 0.412 e. The zero-order chi connectivity index (χ0) is 47.5. The van der Waals surface area contributed by atoms with Crippen molar-refractivity contribution in [2.24, 2.45) is 9.98 Å². The van der Waals surface area contributed by atoms with Crippen LogP contribution in [-0.2, 0) is 40.0 Å². The number of nitrogens with two attached hydrogens (primary N) is 1. The Labute approximate surface area is 422 Å². The first-order valence-electron chi connectivity index (χ1n) is 20.9. The zero-order valence-corrected chi connectivity index (χ0v) is 42.5. The number of rotatable bonds is 7. The molecule has 2 aliphatic heterocycles. The van der Waals surface area contributed by atoms with Crippen molar-refractivity contribution in [3.63, 3.8) is 0 Å². The van der Waals surface area contributed by atoms with Crippen molar-refractivity contribution >= 4 is 119 Å². The molecule has 2 heterocycles. The lowest BCUT2D eigenvalue weighted by Crippen LogP contribution is -2.27. The molecule has 0 radical (unpaired) electrons. The number of alkyl halides is 2. The fraction of sp³-hybridized carbons (Fsp3) is 0.212. The van der Waals surface area contributed by atoms with E-state index in [0.29, 0.717) is 46.4 Å². The van der Waals surface area contributed by atoms with Gasteiger partial charge in [-0.05, 0) is 104 Å².